The number of aromatic carboxylic acids is 1. The number of hydrogen-bond donors (Lipinski definition) is 2. The fourth-order valence-electron chi connectivity index (χ4n) is 4.18. The average molecular weight is 530 g/mol. The lowest BCUT2D eigenvalue weighted by Gasteiger charge is -2.38. The summed E-state index contributed by atoms with van der Waals surface area (Å²) in [6, 6.07) is 13.0. The molecule has 1 amide bonds. The molecule has 0 bridgehead atoms. The number of carbonyl (C=O) groups excluding carboxylic acids is 1. The Balaban J connectivity index is 1.72. The van der Waals surface area contributed by atoms with Gasteiger partial charge in [-0.15, -0.1) is 0 Å². The molecule has 5 nitrogen and oxygen atoms in total. The van der Waals surface area contributed by atoms with E-state index in [-0.39, 0.29) is 17.2 Å². The summed E-state index contributed by atoms with van der Waals surface area (Å²) in [5, 5.41) is 11.4. The molecule has 0 aliphatic carbocycles. The van der Waals surface area contributed by atoms with Gasteiger partial charge < -0.3 is 15.2 Å². The van der Waals surface area contributed by atoms with Gasteiger partial charge in [0.15, 0.2) is 0 Å². The van der Waals surface area contributed by atoms with Crippen LogP contribution in [0.25, 0.3) is 0 Å². The zero-order valence-corrected chi connectivity index (χ0v) is 20.3. The standard InChI is InChI=1S/C26H22BrF2NO4/c1-13-4-6-14(7-5-13)18-12-26(2,3)34-23-17(18)8-15(9-19(23)27)24(31)30-16-10-20(28)22(25(32)33)21(29)11-16/h4-11,18H,12H2,1-3H3,(H,30,31)(H,32,33). The molecular weight excluding hydrogens is 508 g/mol. The highest BCUT2D eigenvalue weighted by molar-refractivity contribution is 9.10. The molecule has 8 heteroatoms. The van der Waals surface area contributed by atoms with Crippen molar-refractivity contribution in [3.8, 4) is 5.75 Å². The van der Waals surface area contributed by atoms with E-state index in [0.29, 0.717) is 16.6 Å². The Morgan fingerprint density at radius 3 is 2.29 bits per heavy atom. The molecule has 0 fully saturated rings. The van der Waals surface area contributed by atoms with Gasteiger partial charge in [-0.3, -0.25) is 4.79 Å². The molecule has 0 radical (unpaired) electrons. The molecule has 0 saturated heterocycles. The second-order valence-corrected chi connectivity index (χ2v) is 9.83. The molecule has 1 aliphatic heterocycles. The van der Waals surface area contributed by atoms with Crippen LogP contribution >= 0.6 is 15.9 Å². The number of carboxylic acid groups (broad SMARTS) is 1. The zero-order chi connectivity index (χ0) is 24.8. The molecule has 0 saturated carbocycles. The molecule has 1 heterocycles. The second kappa shape index (κ2) is 8.83. The Labute approximate surface area is 203 Å². The first-order chi connectivity index (χ1) is 15.9. The lowest BCUT2D eigenvalue weighted by Crippen LogP contribution is -2.35. The third kappa shape index (κ3) is 4.68. The van der Waals surface area contributed by atoms with E-state index >= 15 is 0 Å². The number of amides is 1. The number of nitrogens with one attached hydrogen (secondary N) is 1. The summed E-state index contributed by atoms with van der Waals surface area (Å²) >= 11 is 3.51. The summed E-state index contributed by atoms with van der Waals surface area (Å²) < 4.78 is 34.9. The lowest BCUT2D eigenvalue weighted by molar-refractivity contribution is 0.0685. The van der Waals surface area contributed by atoms with Crippen molar-refractivity contribution in [3.63, 3.8) is 0 Å². The molecule has 2 N–H and O–H groups in total. The van der Waals surface area contributed by atoms with Crippen LogP contribution in [-0.4, -0.2) is 22.6 Å². The van der Waals surface area contributed by atoms with Gasteiger partial charge in [0.2, 0.25) is 0 Å². The summed E-state index contributed by atoms with van der Waals surface area (Å²) in [5.74, 6) is -4.27. The summed E-state index contributed by atoms with van der Waals surface area (Å²) in [7, 11) is 0. The average Bonchev–Trinajstić information content (AvgIpc) is 2.73. The first kappa shape index (κ1) is 23.9. The predicted molar refractivity (Wildman–Crippen MR) is 128 cm³/mol. The highest BCUT2D eigenvalue weighted by Crippen LogP contribution is 2.48. The number of anilines is 1. The molecule has 1 unspecified atom stereocenters. The van der Waals surface area contributed by atoms with Crippen molar-refractivity contribution in [2.45, 2.75) is 38.7 Å². The van der Waals surface area contributed by atoms with Crippen LogP contribution in [0.1, 0.15) is 63.6 Å². The van der Waals surface area contributed by atoms with E-state index in [0.717, 1.165) is 28.8 Å². The van der Waals surface area contributed by atoms with Crippen LogP contribution in [0, 0.1) is 18.6 Å². The van der Waals surface area contributed by atoms with Crippen molar-refractivity contribution in [1.29, 1.82) is 0 Å². The van der Waals surface area contributed by atoms with Gasteiger partial charge in [0.05, 0.1) is 4.47 Å². The van der Waals surface area contributed by atoms with Gasteiger partial charge in [0.1, 0.15) is 28.5 Å². The van der Waals surface area contributed by atoms with Crippen LogP contribution in [0.2, 0.25) is 0 Å². The van der Waals surface area contributed by atoms with Crippen LogP contribution in [0.4, 0.5) is 14.5 Å². The maximum Gasteiger partial charge on any atom is 0.341 e. The molecule has 0 aromatic heterocycles. The number of carboxylic acids is 1. The number of hydrogen-bond acceptors (Lipinski definition) is 3. The van der Waals surface area contributed by atoms with E-state index in [2.05, 4.69) is 33.4 Å². The Morgan fingerprint density at radius 2 is 1.71 bits per heavy atom. The summed E-state index contributed by atoms with van der Waals surface area (Å²) in [5.41, 5.74) is 1.60. The third-order valence-corrected chi connectivity index (χ3v) is 6.37. The summed E-state index contributed by atoms with van der Waals surface area (Å²) in [4.78, 5) is 24.0. The van der Waals surface area contributed by atoms with Gasteiger partial charge >= 0.3 is 5.97 Å². The molecule has 3 aromatic rings. The Bertz CT molecular complexity index is 1280. The van der Waals surface area contributed by atoms with Crippen LogP contribution in [0.15, 0.2) is 53.0 Å². The Hall–Kier alpha value is -3.26. The zero-order valence-electron chi connectivity index (χ0n) is 18.7. The smallest absolute Gasteiger partial charge is 0.341 e. The number of fused-ring (bicyclic) bond motifs is 1. The van der Waals surface area contributed by atoms with Crippen molar-refractivity contribution in [1.82, 2.24) is 0 Å². The van der Waals surface area contributed by atoms with E-state index in [1.165, 1.54) is 0 Å². The molecule has 176 valence electrons. The van der Waals surface area contributed by atoms with Crippen LogP contribution in [0.5, 0.6) is 5.75 Å². The topological polar surface area (TPSA) is 75.6 Å². The third-order valence-electron chi connectivity index (χ3n) is 5.78. The fraction of sp³-hybridized carbons (Fsp3) is 0.231. The Kier molecular flexibility index (Phi) is 6.20. The monoisotopic (exact) mass is 529 g/mol. The number of carbonyl (C=O) groups is 2. The molecule has 4 rings (SSSR count). The minimum atomic E-state index is -1.73. The van der Waals surface area contributed by atoms with Gasteiger partial charge in [-0.1, -0.05) is 29.8 Å². The number of benzene rings is 3. The number of halogens is 3. The maximum absolute atomic E-state index is 14.0. The van der Waals surface area contributed by atoms with Crippen molar-refractivity contribution in [2.24, 2.45) is 0 Å². The van der Waals surface area contributed by atoms with Gasteiger partial charge in [0, 0.05) is 22.7 Å². The number of ether oxygens (including phenoxy) is 1. The van der Waals surface area contributed by atoms with Crippen molar-refractivity contribution < 1.29 is 28.2 Å². The summed E-state index contributed by atoms with van der Waals surface area (Å²) in [6.07, 6.45) is 0.688. The normalized spacial score (nSPS) is 16.4. The molecule has 34 heavy (non-hydrogen) atoms. The SMILES string of the molecule is Cc1ccc(C2CC(C)(C)Oc3c(Br)cc(C(=O)Nc4cc(F)c(C(=O)O)c(F)c4)cc32)cc1. The van der Waals surface area contributed by atoms with Crippen LogP contribution in [0.3, 0.4) is 0 Å². The maximum atomic E-state index is 14.0. The van der Waals surface area contributed by atoms with Gasteiger partial charge in [-0.2, -0.15) is 0 Å². The number of aryl methyl sites for hydroxylation is 1. The quantitative estimate of drug-likeness (QED) is 0.395. The Morgan fingerprint density at radius 1 is 1.09 bits per heavy atom. The highest BCUT2D eigenvalue weighted by Gasteiger charge is 2.36. The highest BCUT2D eigenvalue weighted by atomic mass is 79.9. The van der Waals surface area contributed by atoms with E-state index < -0.39 is 34.7 Å². The molecular formula is C26H22BrF2NO4. The van der Waals surface area contributed by atoms with Crippen LogP contribution in [-0.2, 0) is 0 Å². The van der Waals surface area contributed by atoms with E-state index in [9.17, 15) is 18.4 Å². The minimum Gasteiger partial charge on any atom is -0.486 e. The first-order valence-electron chi connectivity index (χ1n) is 10.6. The lowest BCUT2D eigenvalue weighted by atomic mass is 9.79. The fourth-order valence-corrected chi connectivity index (χ4v) is 4.74. The molecule has 1 atom stereocenters. The van der Waals surface area contributed by atoms with Crippen molar-refractivity contribution in [2.75, 3.05) is 5.32 Å². The van der Waals surface area contributed by atoms with E-state index in [4.69, 9.17) is 9.84 Å². The van der Waals surface area contributed by atoms with Gasteiger partial charge in [-0.25, -0.2) is 13.6 Å². The summed E-state index contributed by atoms with van der Waals surface area (Å²) in [6.45, 7) is 6.03. The van der Waals surface area contributed by atoms with Crippen molar-refractivity contribution >= 4 is 33.5 Å². The largest absolute Gasteiger partial charge is 0.486 e. The first-order valence-corrected chi connectivity index (χ1v) is 11.4. The van der Waals surface area contributed by atoms with E-state index in [1.807, 2.05) is 32.9 Å². The van der Waals surface area contributed by atoms with Gasteiger partial charge in [-0.05, 0) is 73.0 Å². The molecule has 0 spiro atoms. The molecule has 3 aromatic carbocycles. The second-order valence-electron chi connectivity index (χ2n) is 8.98. The van der Waals surface area contributed by atoms with Gasteiger partial charge in [0.25, 0.3) is 5.91 Å². The molecule has 1 aliphatic rings. The number of rotatable bonds is 4. The van der Waals surface area contributed by atoms with Crippen molar-refractivity contribution in [3.05, 3.63) is 92.5 Å². The minimum absolute atomic E-state index is 0.0341. The van der Waals surface area contributed by atoms with Crippen LogP contribution < -0.4 is 10.1 Å². The predicted octanol–water partition coefficient (Wildman–Crippen LogP) is 6.68. The van der Waals surface area contributed by atoms with E-state index in [1.54, 1.807) is 12.1 Å².